The molecule has 8 heteroatoms. The second-order valence-electron chi connectivity index (χ2n) is 7.28. The van der Waals surface area contributed by atoms with Crippen molar-refractivity contribution in [3.05, 3.63) is 65.5 Å². The normalized spacial score (nSPS) is 13.4. The molecule has 1 N–H and O–H groups in total. The number of nitrogens with zero attached hydrogens (tertiary/aromatic N) is 2. The van der Waals surface area contributed by atoms with Gasteiger partial charge in [0.2, 0.25) is 0 Å². The fourth-order valence-electron chi connectivity index (χ4n) is 3.28. The predicted molar refractivity (Wildman–Crippen MR) is 114 cm³/mol. The van der Waals surface area contributed by atoms with Gasteiger partial charge in [-0.2, -0.15) is 5.10 Å². The number of carbonyl (C=O) groups is 2. The van der Waals surface area contributed by atoms with E-state index in [0.29, 0.717) is 36.0 Å². The Morgan fingerprint density at radius 2 is 1.74 bits per heavy atom. The van der Waals surface area contributed by atoms with E-state index in [4.69, 9.17) is 14.2 Å². The summed E-state index contributed by atoms with van der Waals surface area (Å²) in [6.45, 7) is 6.36. The summed E-state index contributed by atoms with van der Waals surface area (Å²) >= 11 is 0. The summed E-state index contributed by atoms with van der Waals surface area (Å²) in [5.41, 5.74) is 3.64. The van der Waals surface area contributed by atoms with Gasteiger partial charge in [-0.3, -0.25) is 4.79 Å². The molecule has 0 bridgehead atoms. The number of carbonyl (C=O) groups excluding carboxylic acids is 2. The Balaban J connectivity index is 1.37. The van der Waals surface area contributed by atoms with Crippen molar-refractivity contribution in [3.63, 3.8) is 0 Å². The van der Waals surface area contributed by atoms with E-state index >= 15 is 0 Å². The van der Waals surface area contributed by atoms with E-state index in [1.807, 2.05) is 19.9 Å². The first-order chi connectivity index (χ1) is 14.9. The van der Waals surface area contributed by atoms with E-state index in [1.165, 1.54) is 6.92 Å². The zero-order valence-corrected chi connectivity index (χ0v) is 17.5. The van der Waals surface area contributed by atoms with Crippen molar-refractivity contribution in [1.82, 2.24) is 9.78 Å². The van der Waals surface area contributed by atoms with Crippen LogP contribution in [0.5, 0.6) is 11.5 Å². The van der Waals surface area contributed by atoms with Gasteiger partial charge in [0.1, 0.15) is 13.2 Å². The molecule has 1 aromatic heterocycles. The molecule has 160 valence electrons. The highest BCUT2D eigenvalue weighted by atomic mass is 16.6. The fourth-order valence-corrected chi connectivity index (χ4v) is 3.28. The number of ether oxygens (including phenoxy) is 3. The average Bonchev–Trinajstić information content (AvgIpc) is 3.11. The van der Waals surface area contributed by atoms with Crippen LogP contribution in [0.2, 0.25) is 0 Å². The first-order valence-electron chi connectivity index (χ1n) is 9.96. The van der Waals surface area contributed by atoms with Crippen LogP contribution in [-0.4, -0.2) is 41.0 Å². The number of anilines is 1. The summed E-state index contributed by atoms with van der Waals surface area (Å²) in [5.74, 6) is 0.179. The van der Waals surface area contributed by atoms with Crippen LogP contribution in [0.1, 0.15) is 28.7 Å². The lowest BCUT2D eigenvalue weighted by molar-refractivity contribution is -0.123. The Bertz CT molecular complexity index is 1120. The van der Waals surface area contributed by atoms with Crippen LogP contribution in [-0.2, 0) is 9.53 Å². The molecule has 1 aliphatic heterocycles. The Labute approximate surface area is 179 Å². The van der Waals surface area contributed by atoms with Crippen molar-refractivity contribution in [2.75, 3.05) is 18.5 Å². The van der Waals surface area contributed by atoms with Gasteiger partial charge in [-0.15, -0.1) is 0 Å². The maximum Gasteiger partial charge on any atom is 0.338 e. The monoisotopic (exact) mass is 421 g/mol. The molecule has 0 fully saturated rings. The molecule has 0 saturated heterocycles. The van der Waals surface area contributed by atoms with Gasteiger partial charge in [0.25, 0.3) is 5.91 Å². The summed E-state index contributed by atoms with van der Waals surface area (Å²) < 4.78 is 18.1. The largest absolute Gasteiger partial charge is 0.486 e. The van der Waals surface area contributed by atoms with Crippen LogP contribution < -0.4 is 14.8 Å². The van der Waals surface area contributed by atoms with E-state index < -0.39 is 18.0 Å². The number of aromatic nitrogens is 2. The summed E-state index contributed by atoms with van der Waals surface area (Å²) in [4.78, 5) is 24.9. The van der Waals surface area contributed by atoms with E-state index in [0.717, 1.165) is 17.1 Å². The first-order valence-corrected chi connectivity index (χ1v) is 9.96. The van der Waals surface area contributed by atoms with Crippen molar-refractivity contribution >= 4 is 17.6 Å². The van der Waals surface area contributed by atoms with Crippen molar-refractivity contribution in [2.24, 2.45) is 0 Å². The lowest BCUT2D eigenvalue weighted by Gasteiger charge is -2.19. The number of aryl methyl sites for hydroxylation is 2. The maximum absolute atomic E-state index is 12.5. The second-order valence-corrected chi connectivity index (χ2v) is 7.28. The number of esters is 1. The van der Waals surface area contributed by atoms with Crippen molar-refractivity contribution in [3.8, 4) is 17.2 Å². The number of amides is 1. The molecular formula is C23H23N3O5. The zero-order valence-electron chi connectivity index (χ0n) is 17.5. The SMILES string of the molecule is Cc1cc(C)n(-c2ccc(C(=O)O[C@@H](C)C(=O)Nc3ccc4c(c3)OCCO4)cc2)n1. The van der Waals surface area contributed by atoms with Gasteiger partial charge in [0, 0.05) is 17.4 Å². The Morgan fingerprint density at radius 3 is 2.42 bits per heavy atom. The smallest absolute Gasteiger partial charge is 0.338 e. The quantitative estimate of drug-likeness (QED) is 0.635. The van der Waals surface area contributed by atoms with E-state index in [2.05, 4.69) is 10.4 Å². The number of hydrogen-bond acceptors (Lipinski definition) is 6. The molecule has 0 spiro atoms. The van der Waals surface area contributed by atoms with Crippen molar-refractivity contribution in [2.45, 2.75) is 26.9 Å². The summed E-state index contributed by atoms with van der Waals surface area (Å²) in [7, 11) is 0. The van der Waals surface area contributed by atoms with E-state index in [-0.39, 0.29) is 0 Å². The van der Waals surface area contributed by atoms with Crippen LogP contribution in [0.15, 0.2) is 48.5 Å². The van der Waals surface area contributed by atoms with Crippen LogP contribution in [0.4, 0.5) is 5.69 Å². The van der Waals surface area contributed by atoms with Crippen molar-refractivity contribution in [1.29, 1.82) is 0 Å². The molecule has 0 saturated carbocycles. The standard InChI is InChI=1S/C23H23N3O5/c1-14-12-15(2)26(25-14)19-7-4-17(5-8-19)23(28)31-16(3)22(27)24-18-6-9-20-21(13-18)30-11-10-29-20/h4-9,12-13,16H,10-11H2,1-3H3,(H,24,27)/t16-/m0/s1. The van der Waals surface area contributed by atoms with Gasteiger partial charge in [-0.05, 0) is 63.2 Å². The lowest BCUT2D eigenvalue weighted by atomic mass is 10.2. The highest BCUT2D eigenvalue weighted by molar-refractivity contribution is 5.97. The third-order valence-corrected chi connectivity index (χ3v) is 4.82. The molecule has 2 heterocycles. The molecule has 0 radical (unpaired) electrons. The fraction of sp³-hybridized carbons (Fsp3) is 0.261. The molecular weight excluding hydrogens is 398 g/mol. The minimum absolute atomic E-state index is 0.351. The van der Waals surface area contributed by atoms with Crippen LogP contribution in [0, 0.1) is 13.8 Å². The Morgan fingerprint density at radius 1 is 1.03 bits per heavy atom. The highest BCUT2D eigenvalue weighted by Crippen LogP contribution is 2.32. The molecule has 1 amide bonds. The molecule has 31 heavy (non-hydrogen) atoms. The highest BCUT2D eigenvalue weighted by Gasteiger charge is 2.20. The van der Waals surface area contributed by atoms with Gasteiger partial charge in [-0.1, -0.05) is 0 Å². The number of benzene rings is 2. The number of rotatable bonds is 5. The molecule has 1 aliphatic rings. The zero-order chi connectivity index (χ0) is 22.0. The minimum atomic E-state index is -0.976. The summed E-state index contributed by atoms with van der Waals surface area (Å²) in [6, 6.07) is 14.0. The molecule has 0 unspecified atom stereocenters. The number of hydrogen-bond donors (Lipinski definition) is 1. The van der Waals surface area contributed by atoms with Gasteiger partial charge in [-0.25, -0.2) is 9.48 Å². The predicted octanol–water partition coefficient (Wildman–Crippen LogP) is 3.44. The summed E-state index contributed by atoms with van der Waals surface area (Å²) in [5, 5.41) is 7.15. The Kier molecular flexibility index (Phi) is 5.62. The minimum Gasteiger partial charge on any atom is -0.486 e. The second kappa shape index (κ2) is 8.51. The third kappa shape index (κ3) is 4.53. The number of nitrogens with one attached hydrogen (secondary N) is 1. The van der Waals surface area contributed by atoms with Gasteiger partial charge in [0.05, 0.1) is 16.9 Å². The van der Waals surface area contributed by atoms with Gasteiger partial charge in [0.15, 0.2) is 17.6 Å². The topological polar surface area (TPSA) is 91.7 Å². The third-order valence-electron chi connectivity index (χ3n) is 4.82. The van der Waals surface area contributed by atoms with Gasteiger partial charge >= 0.3 is 5.97 Å². The molecule has 4 rings (SSSR count). The average molecular weight is 421 g/mol. The van der Waals surface area contributed by atoms with Crippen molar-refractivity contribution < 1.29 is 23.8 Å². The molecule has 1 atom stereocenters. The first kappa shape index (κ1) is 20.5. The van der Waals surface area contributed by atoms with E-state index in [9.17, 15) is 9.59 Å². The Hall–Kier alpha value is -3.81. The molecule has 3 aromatic rings. The molecule has 2 aromatic carbocycles. The maximum atomic E-state index is 12.5. The van der Waals surface area contributed by atoms with Gasteiger partial charge < -0.3 is 19.5 Å². The molecule has 8 nitrogen and oxygen atoms in total. The van der Waals surface area contributed by atoms with Crippen LogP contribution in [0.25, 0.3) is 5.69 Å². The van der Waals surface area contributed by atoms with E-state index in [1.54, 1.807) is 47.1 Å². The number of fused-ring (bicyclic) bond motifs is 1. The lowest BCUT2D eigenvalue weighted by Crippen LogP contribution is -2.30. The van der Waals surface area contributed by atoms with Crippen LogP contribution >= 0.6 is 0 Å². The molecule has 0 aliphatic carbocycles. The van der Waals surface area contributed by atoms with Crippen LogP contribution in [0.3, 0.4) is 0 Å². The summed E-state index contributed by atoms with van der Waals surface area (Å²) in [6.07, 6.45) is -0.976.